The maximum Gasteiger partial charge on any atom is 0.306 e. The van der Waals surface area contributed by atoms with Crippen LogP contribution in [-0.2, 0) is 33.2 Å². The number of aliphatic hydroxyl groups is 7. The second-order valence-corrected chi connectivity index (χ2v) is 22.2. The van der Waals surface area contributed by atoms with Crippen molar-refractivity contribution in [1.29, 1.82) is 0 Å². The molecule has 452 valence electrons. The van der Waals surface area contributed by atoms with Crippen LogP contribution in [0.25, 0.3) is 0 Å². The summed E-state index contributed by atoms with van der Waals surface area (Å²) in [5.74, 6) is -0.374. The molecule has 2 rings (SSSR count). The van der Waals surface area contributed by atoms with Crippen LogP contribution < -0.4 is 0 Å². The van der Waals surface area contributed by atoms with E-state index in [0.717, 1.165) is 44.9 Å². The molecule has 14 heteroatoms. The zero-order chi connectivity index (χ0) is 55.8. The third-order valence-electron chi connectivity index (χ3n) is 15.1. The largest absolute Gasteiger partial charge is 0.457 e. The smallest absolute Gasteiger partial charge is 0.306 e. The highest BCUT2D eigenvalue weighted by molar-refractivity contribution is 5.69. The molecular formula is C63H116O14. The van der Waals surface area contributed by atoms with E-state index in [-0.39, 0.29) is 25.6 Å². The molecular weight excluding hydrogens is 981 g/mol. The number of hydrogen-bond acceptors (Lipinski definition) is 14. The SMILES string of the molecule is CCCCCCC/C=C\C/C=C\CCCCCCCCCCCCCCCC(=O)OC(COCCCCCCCCCC/C=C\CCCCCCCC)COC1OC(COC2OC(CO)C(O)C(O)C2O)C(O)C(O)C1O. The number of carbonyl (C=O) groups is 1. The summed E-state index contributed by atoms with van der Waals surface area (Å²) in [7, 11) is 0. The molecule has 11 atom stereocenters. The number of hydrogen-bond donors (Lipinski definition) is 7. The van der Waals surface area contributed by atoms with Crippen molar-refractivity contribution in [3.63, 3.8) is 0 Å². The summed E-state index contributed by atoms with van der Waals surface area (Å²) in [6.07, 6.45) is 43.5. The van der Waals surface area contributed by atoms with Gasteiger partial charge in [-0.15, -0.1) is 0 Å². The summed E-state index contributed by atoms with van der Waals surface area (Å²) >= 11 is 0. The third kappa shape index (κ3) is 36.3. The predicted octanol–water partition coefficient (Wildman–Crippen LogP) is 12.1. The topological polar surface area (TPSA) is 214 Å². The van der Waals surface area contributed by atoms with Crippen molar-refractivity contribution in [2.75, 3.05) is 33.0 Å². The van der Waals surface area contributed by atoms with E-state index in [1.54, 1.807) is 0 Å². The van der Waals surface area contributed by atoms with E-state index in [0.29, 0.717) is 13.0 Å². The van der Waals surface area contributed by atoms with E-state index in [9.17, 15) is 40.5 Å². The lowest BCUT2D eigenvalue weighted by molar-refractivity contribution is -0.332. The first kappa shape index (κ1) is 71.3. The summed E-state index contributed by atoms with van der Waals surface area (Å²) in [4.78, 5) is 13.1. The Morgan fingerprint density at radius 1 is 0.429 bits per heavy atom. The van der Waals surface area contributed by atoms with E-state index >= 15 is 0 Å². The molecule has 0 aromatic heterocycles. The fourth-order valence-corrected chi connectivity index (χ4v) is 10.0. The van der Waals surface area contributed by atoms with Crippen LogP contribution in [0.3, 0.4) is 0 Å². The lowest BCUT2D eigenvalue weighted by Crippen LogP contribution is -2.61. The quantitative estimate of drug-likeness (QED) is 0.0172. The van der Waals surface area contributed by atoms with Gasteiger partial charge in [-0.05, 0) is 70.6 Å². The minimum absolute atomic E-state index is 0.0615. The van der Waals surface area contributed by atoms with Crippen LogP contribution in [0, 0.1) is 0 Å². The molecule has 0 aromatic rings. The maximum atomic E-state index is 13.1. The van der Waals surface area contributed by atoms with Crippen LogP contribution in [0.4, 0.5) is 0 Å². The first-order valence-electron chi connectivity index (χ1n) is 31.6. The Kier molecular flexibility index (Phi) is 46.3. The van der Waals surface area contributed by atoms with Crippen molar-refractivity contribution < 1.29 is 69.0 Å². The van der Waals surface area contributed by atoms with Crippen LogP contribution in [0.15, 0.2) is 36.5 Å². The second-order valence-electron chi connectivity index (χ2n) is 22.2. The Morgan fingerprint density at radius 3 is 1.26 bits per heavy atom. The van der Waals surface area contributed by atoms with Gasteiger partial charge in [0.15, 0.2) is 12.6 Å². The van der Waals surface area contributed by atoms with Crippen molar-refractivity contribution in [3.05, 3.63) is 36.5 Å². The van der Waals surface area contributed by atoms with Gasteiger partial charge in [0.1, 0.15) is 54.9 Å². The minimum Gasteiger partial charge on any atom is -0.457 e. The zero-order valence-electron chi connectivity index (χ0n) is 48.7. The first-order chi connectivity index (χ1) is 37.6. The molecule has 0 aromatic carbocycles. The Morgan fingerprint density at radius 2 is 0.805 bits per heavy atom. The van der Waals surface area contributed by atoms with Gasteiger partial charge in [-0.3, -0.25) is 4.79 Å². The van der Waals surface area contributed by atoms with Crippen molar-refractivity contribution in [2.24, 2.45) is 0 Å². The Labute approximate surface area is 468 Å². The molecule has 2 saturated heterocycles. The maximum absolute atomic E-state index is 13.1. The average molecular weight is 1100 g/mol. The minimum atomic E-state index is -1.71. The highest BCUT2D eigenvalue weighted by Crippen LogP contribution is 2.27. The molecule has 0 aliphatic carbocycles. The molecule has 0 radical (unpaired) electrons. The van der Waals surface area contributed by atoms with E-state index in [4.69, 9.17) is 28.4 Å². The van der Waals surface area contributed by atoms with Crippen LogP contribution in [0.1, 0.15) is 258 Å². The molecule has 2 fully saturated rings. The normalized spacial score (nSPS) is 24.5. The number of aliphatic hydroxyl groups excluding tert-OH is 7. The molecule has 0 spiro atoms. The fraction of sp³-hybridized carbons (Fsp3) is 0.889. The monoisotopic (exact) mass is 1100 g/mol. The van der Waals surface area contributed by atoms with E-state index in [1.807, 2.05) is 0 Å². The predicted molar refractivity (Wildman–Crippen MR) is 307 cm³/mol. The van der Waals surface area contributed by atoms with Crippen LogP contribution in [0.2, 0.25) is 0 Å². The number of rotatable bonds is 52. The van der Waals surface area contributed by atoms with Gasteiger partial charge >= 0.3 is 5.97 Å². The standard InChI is InChI=1S/C63H116O14/c1-3-5-7-9-11-13-15-17-19-21-23-24-25-26-27-28-29-30-32-34-36-38-40-42-44-46-55(65)75-52(49-72-47-45-43-41-39-37-35-33-31-22-20-18-16-14-12-10-8-6-4-2)50-73-62-61(71)59(69)57(67)54(77-62)51-74-63-60(70)58(68)56(66)53(48-64)76-63/h15,17-18,20-21,23,52-54,56-64,66-71H,3-14,16,19,22,24-51H2,1-2H3/b17-15-,20-18-,23-21-. The lowest BCUT2D eigenvalue weighted by atomic mass is 9.98. The summed E-state index contributed by atoms with van der Waals surface area (Å²) < 4.78 is 34.5. The Hall–Kier alpha value is -1.79. The molecule has 11 unspecified atom stereocenters. The van der Waals surface area contributed by atoms with Gasteiger partial charge in [0.05, 0.1) is 26.4 Å². The number of ether oxygens (including phenoxy) is 6. The van der Waals surface area contributed by atoms with Crippen LogP contribution in [-0.4, -0.2) is 142 Å². The van der Waals surface area contributed by atoms with Crippen molar-refractivity contribution in [3.8, 4) is 0 Å². The third-order valence-corrected chi connectivity index (χ3v) is 15.1. The second kappa shape index (κ2) is 50.0. The Balaban J connectivity index is 1.67. The first-order valence-corrected chi connectivity index (χ1v) is 31.6. The van der Waals surface area contributed by atoms with Gasteiger partial charge in [0, 0.05) is 13.0 Å². The highest BCUT2D eigenvalue weighted by Gasteiger charge is 2.47. The summed E-state index contributed by atoms with van der Waals surface area (Å²) in [5, 5.41) is 72.4. The van der Waals surface area contributed by atoms with E-state index in [1.165, 1.54) is 186 Å². The molecule has 2 aliphatic heterocycles. The number of allylic oxidation sites excluding steroid dienone is 6. The Bertz CT molecular complexity index is 1410. The molecule has 0 amide bonds. The molecule has 2 aliphatic rings. The van der Waals surface area contributed by atoms with Crippen molar-refractivity contribution in [1.82, 2.24) is 0 Å². The van der Waals surface area contributed by atoms with Crippen LogP contribution >= 0.6 is 0 Å². The van der Waals surface area contributed by atoms with Gasteiger partial charge < -0.3 is 64.2 Å². The molecule has 0 bridgehead atoms. The summed E-state index contributed by atoms with van der Waals surface area (Å²) in [5.41, 5.74) is 0. The molecule has 14 nitrogen and oxygen atoms in total. The molecule has 0 saturated carbocycles. The van der Waals surface area contributed by atoms with Crippen LogP contribution in [0.5, 0.6) is 0 Å². The number of carbonyl (C=O) groups excluding carboxylic acids is 1. The zero-order valence-corrected chi connectivity index (χ0v) is 48.7. The fourth-order valence-electron chi connectivity index (χ4n) is 10.0. The lowest BCUT2D eigenvalue weighted by Gasteiger charge is -2.42. The number of esters is 1. The summed E-state index contributed by atoms with van der Waals surface area (Å²) in [6, 6.07) is 0. The van der Waals surface area contributed by atoms with Crippen molar-refractivity contribution in [2.45, 2.75) is 325 Å². The highest BCUT2D eigenvalue weighted by atomic mass is 16.7. The van der Waals surface area contributed by atoms with E-state index in [2.05, 4.69) is 50.3 Å². The van der Waals surface area contributed by atoms with Gasteiger partial charge in [-0.1, -0.05) is 217 Å². The van der Waals surface area contributed by atoms with Gasteiger partial charge in [0.25, 0.3) is 0 Å². The van der Waals surface area contributed by atoms with Gasteiger partial charge in [-0.25, -0.2) is 0 Å². The van der Waals surface area contributed by atoms with Gasteiger partial charge in [-0.2, -0.15) is 0 Å². The van der Waals surface area contributed by atoms with E-state index < -0.39 is 80.7 Å². The summed E-state index contributed by atoms with van der Waals surface area (Å²) in [6.45, 7) is 3.71. The van der Waals surface area contributed by atoms with Crippen molar-refractivity contribution >= 4 is 5.97 Å². The van der Waals surface area contributed by atoms with Gasteiger partial charge in [0.2, 0.25) is 0 Å². The molecule has 77 heavy (non-hydrogen) atoms. The molecule has 7 N–H and O–H groups in total. The molecule has 2 heterocycles. The number of unbranched alkanes of at least 4 members (excludes halogenated alkanes) is 32. The average Bonchev–Trinajstić information content (AvgIpc) is 3.43.